The van der Waals surface area contributed by atoms with Gasteiger partial charge in [0.15, 0.2) is 0 Å². The van der Waals surface area contributed by atoms with E-state index in [9.17, 15) is 0 Å². The van der Waals surface area contributed by atoms with E-state index in [1.54, 1.807) is 0 Å². The van der Waals surface area contributed by atoms with Gasteiger partial charge in [0.05, 0.1) is 15.9 Å². The molecule has 1 aliphatic carbocycles. The monoisotopic (exact) mass is 341 g/mol. The summed E-state index contributed by atoms with van der Waals surface area (Å²) in [5.74, 6) is 1.67. The first kappa shape index (κ1) is 16.0. The summed E-state index contributed by atoms with van der Waals surface area (Å²) < 4.78 is 3.44. The smallest absolute Gasteiger partial charge is 0.0766 e. The van der Waals surface area contributed by atoms with Gasteiger partial charge in [-0.1, -0.05) is 20.8 Å². The second-order valence-corrected chi connectivity index (χ2v) is 7.03. The molecule has 0 amide bonds. The van der Waals surface area contributed by atoms with Gasteiger partial charge in [-0.15, -0.1) is 0 Å². The van der Waals surface area contributed by atoms with E-state index in [4.69, 9.17) is 5.10 Å². The van der Waals surface area contributed by atoms with Crippen molar-refractivity contribution in [3.8, 4) is 0 Å². The summed E-state index contributed by atoms with van der Waals surface area (Å²) in [5, 5.41) is 8.30. The molecule has 114 valence electrons. The number of halogens is 1. The average Bonchev–Trinajstić information content (AvgIpc) is 2.70. The molecule has 0 bridgehead atoms. The molecule has 2 unspecified atom stereocenters. The first-order valence-corrected chi connectivity index (χ1v) is 8.83. The number of aryl methyl sites for hydroxylation is 2. The third-order valence-corrected chi connectivity index (χ3v) is 5.43. The van der Waals surface area contributed by atoms with Crippen molar-refractivity contribution < 1.29 is 0 Å². The Labute approximate surface area is 131 Å². The minimum atomic E-state index is 0.593. The molecule has 1 saturated carbocycles. The van der Waals surface area contributed by atoms with Gasteiger partial charge in [0, 0.05) is 12.6 Å². The van der Waals surface area contributed by atoms with Gasteiger partial charge >= 0.3 is 0 Å². The number of hydrogen-bond donors (Lipinski definition) is 1. The third kappa shape index (κ3) is 3.45. The van der Waals surface area contributed by atoms with E-state index < -0.39 is 0 Å². The van der Waals surface area contributed by atoms with Gasteiger partial charge in [-0.2, -0.15) is 5.10 Å². The summed E-state index contributed by atoms with van der Waals surface area (Å²) in [6.45, 7) is 10.9. The third-order valence-electron chi connectivity index (χ3n) is 4.51. The molecule has 1 aromatic heterocycles. The van der Waals surface area contributed by atoms with E-state index in [-0.39, 0.29) is 0 Å². The molecule has 2 rings (SSSR count). The number of rotatable bonds is 7. The Morgan fingerprint density at radius 1 is 1.30 bits per heavy atom. The maximum Gasteiger partial charge on any atom is 0.0766 e. The first-order chi connectivity index (χ1) is 9.56. The maximum absolute atomic E-state index is 4.71. The Kier molecular flexibility index (Phi) is 5.67. The van der Waals surface area contributed by atoms with Crippen LogP contribution in [0.2, 0.25) is 0 Å². The van der Waals surface area contributed by atoms with E-state index in [0.29, 0.717) is 6.04 Å². The molecule has 3 nitrogen and oxygen atoms in total. The van der Waals surface area contributed by atoms with Crippen molar-refractivity contribution in [1.82, 2.24) is 15.1 Å². The normalized spacial score (nSPS) is 22.3. The zero-order chi connectivity index (χ0) is 14.7. The van der Waals surface area contributed by atoms with Gasteiger partial charge in [-0.05, 0) is 66.9 Å². The second kappa shape index (κ2) is 7.08. The Morgan fingerprint density at radius 2 is 2.00 bits per heavy atom. The summed E-state index contributed by atoms with van der Waals surface area (Å²) in [6, 6.07) is 0.593. The fraction of sp³-hybridized carbons (Fsp3) is 0.812. The van der Waals surface area contributed by atoms with E-state index in [1.165, 1.54) is 41.7 Å². The van der Waals surface area contributed by atoms with Crippen LogP contribution in [0.15, 0.2) is 4.47 Å². The van der Waals surface area contributed by atoms with E-state index in [1.807, 2.05) is 0 Å². The molecule has 1 N–H and O–H groups in total. The molecular formula is C16H28BrN3. The van der Waals surface area contributed by atoms with Crippen LogP contribution in [0.5, 0.6) is 0 Å². The highest BCUT2D eigenvalue weighted by atomic mass is 79.9. The molecule has 0 aromatic carbocycles. The van der Waals surface area contributed by atoms with E-state index in [0.717, 1.165) is 24.8 Å². The van der Waals surface area contributed by atoms with Gasteiger partial charge in [0.2, 0.25) is 0 Å². The summed E-state index contributed by atoms with van der Waals surface area (Å²) in [4.78, 5) is 0. The van der Waals surface area contributed by atoms with Crippen LogP contribution in [-0.2, 0) is 19.4 Å². The van der Waals surface area contributed by atoms with Crippen molar-refractivity contribution in [3.63, 3.8) is 0 Å². The van der Waals surface area contributed by atoms with Crippen molar-refractivity contribution in [2.45, 2.75) is 66.0 Å². The number of nitrogens with zero attached hydrogens (tertiary/aromatic N) is 2. The molecule has 1 aliphatic rings. The number of nitrogens with one attached hydrogen (secondary N) is 1. The largest absolute Gasteiger partial charge is 0.314 e. The summed E-state index contributed by atoms with van der Waals surface area (Å²) in [5.41, 5.74) is 2.61. The standard InChI is InChI=1S/C16H28BrN3/c1-5-14-16(17)15(20(6-2)19-14)9-12-7-8-13(12)10-18-11(3)4/h11-13,18H,5-10H2,1-4H3. The zero-order valence-corrected chi connectivity index (χ0v) is 14.8. The molecule has 0 spiro atoms. The number of hydrogen-bond acceptors (Lipinski definition) is 2. The van der Waals surface area contributed by atoms with Crippen molar-refractivity contribution >= 4 is 15.9 Å². The van der Waals surface area contributed by atoms with Gasteiger partial charge in [-0.3, -0.25) is 4.68 Å². The molecule has 1 aromatic rings. The second-order valence-electron chi connectivity index (χ2n) is 6.24. The van der Waals surface area contributed by atoms with E-state index >= 15 is 0 Å². The topological polar surface area (TPSA) is 29.9 Å². The molecule has 0 saturated heterocycles. The minimum absolute atomic E-state index is 0.593. The zero-order valence-electron chi connectivity index (χ0n) is 13.2. The lowest BCUT2D eigenvalue weighted by atomic mass is 9.71. The number of aromatic nitrogens is 2. The molecule has 0 aliphatic heterocycles. The van der Waals surface area contributed by atoms with Crippen LogP contribution in [0, 0.1) is 11.8 Å². The molecule has 1 fully saturated rings. The van der Waals surface area contributed by atoms with Crippen molar-refractivity contribution in [3.05, 3.63) is 15.9 Å². The highest BCUT2D eigenvalue weighted by Gasteiger charge is 2.32. The van der Waals surface area contributed by atoms with Gasteiger partial charge in [0.25, 0.3) is 0 Å². The van der Waals surface area contributed by atoms with Crippen LogP contribution in [0.4, 0.5) is 0 Å². The summed E-state index contributed by atoms with van der Waals surface area (Å²) >= 11 is 3.77. The van der Waals surface area contributed by atoms with Gasteiger partial charge < -0.3 is 5.32 Å². The fourth-order valence-electron chi connectivity index (χ4n) is 3.02. The average molecular weight is 342 g/mol. The van der Waals surface area contributed by atoms with Crippen LogP contribution < -0.4 is 5.32 Å². The lowest BCUT2D eigenvalue weighted by molar-refractivity contribution is 0.165. The Bertz CT molecular complexity index is 439. The highest BCUT2D eigenvalue weighted by Crippen LogP contribution is 2.38. The van der Waals surface area contributed by atoms with Crippen LogP contribution >= 0.6 is 15.9 Å². The predicted molar refractivity (Wildman–Crippen MR) is 88.0 cm³/mol. The van der Waals surface area contributed by atoms with Crippen LogP contribution in [-0.4, -0.2) is 22.4 Å². The predicted octanol–water partition coefficient (Wildman–Crippen LogP) is 3.79. The van der Waals surface area contributed by atoms with Crippen molar-refractivity contribution in [2.24, 2.45) is 11.8 Å². The fourth-order valence-corrected chi connectivity index (χ4v) is 3.75. The minimum Gasteiger partial charge on any atom is -0.314 e. The van der Waals surface area contributed by atoms with Crippen molar-refractivity contribution in [1.29, 1.82) is 0 Å². The lowest BCUT2D eigenvalue weighted by Gasteiger charge is -2.37. The Balaban J connectivity index is 2.01. The molecule has 0 radical (unpaired) electrons. The summed E-state index contributed by atoms with van der Waals surface area (Å²) in [7, 11) is 0. The van der Waals surface area contributed by atoms with Crippen LogP contribution in [0.25, 0.3) is 0 Å². The first-order valence-electron chi connectivity index (χ1n) is 8.04. The Hall–Kier alpha value is -0.350. The lowest BCUT2D eigenvalue weighted by Crippen LogP contribution is -2.39. The SMILES string of the molecule is CCc1nn(CC)c(CC2CCC2CNC(C)C)c1Br. The van der Waals surface area contributed by atoms with Gasteiger partial charge in [-0.25, -0.2) is 0 Å². The molecule has 1 heterocycles. The molecule has 4 heteroatoms. The molecule has 2 atom stereocenters. The van der Waals surface area contributed by atoms with Crippen molar-refractivity contribution in [2.75, 3.05) is 6.54 Å². The maximum atomic E-state index is 4.71. The molecular weight excluding hydrogens is 314 g/mol. The quantitative estimate of drug-likeness (QED) is 0.817. The highest BCUT2D eigenvalue weighted by molar-refractivity contribution is 9.10. The Morgan fingerprint density at radius 3 is 2.50 bits per heavy atom. The molecule has 20 heavy (non-hydrogen) atoms. The summed E-state index contributed by atoms with van der Waals surface area (Å²) in [6.07, 6.45) is 4.92. The van der Waals surface area contributed by atoms with Gasteiger partial charge in [0.1, 0.15) is 0 Å². The van der Waals surface area contributed by atoms with Crippen LogP contribution in [0.1, 0.15) is 51.9 Å². The van der Waals surface area contributed by atoms with Crippen LogP contribution in [0.3, 0.4) is 0 Å². The van der Waals surface area contributed by atoms with E-state index in [2.05, 4.69) is 53.6 Å².